The van der Waals surface area contributed by atoms with Crippen LogP contribution in [0.2, 0.25) is 0 Å². The molecule has 0 aromatic heterocycles. The van der Waals surface area contributed by atoms with Crippen LogP contribution in [0.4, 0.5) is 11.4 Å². The van der Waals surface area contributed by atoms with Crippen LogP contribution in [-0.4, -0.2) is 28.0 Å². The minimum Gasteiger partial charge on any atom is -0.496 e. The van der Waals surface area contributed by atoms with Crippen LogP contribution in [0.25, 0.3) is 0 Å². The zero-order valence-corrected chi connectivity index (χ0v) is 15.0. The molecule has 2 aromatic rings. The summed E-state index contributed by atoms with van der Waals surface area (Å²) in [5, 5.41) is 0. The van der Waals surface area contributed by atoms with E-state index < -0.39 is 10.0 Å². The first-order valence-electron chi connectivity index (χ1n) is 7.98. The molecule has 0 atom stereocenters. The fourth-order valence-corrected chi connectivity index (χ4v) is 4.02. The van der Waals surface area contributed by atoms with Crippen LogP contribution < -0.4 is 14.4 Å². The van der Waals surface area contributed by atoms with Crippen molar-refractivity contribution in [2.45, 2.75) is 24.7 Å². The van der Waals surface area contributed by atoms with Crippen LogP contribution in [0.1, 0.15) is 18.4 Å². The Morgan fingerprint density at radius 1 is 1.16 bits per heavy atom. The van der Waals surface area contributed by atoms with Crippen molar-refractivity contribution in [1.29, 1.82) is 0 Å². The van der Waals surface area contributed by atoms with Gasteiger partial charge in [-0.3, -0.25) is 9.52 Å². The molecule has 0 radical (unpaired) electrons. The molecule has 7 heteroatoms. The highest BCUT2D eigenvalue weighted by atomic mass is 32.2. The van der Waals surface area contributed by atoms with E-state index in [4.69, 9.17) is 4.74 Å². The first kappa shape index (κ1) is 17.3. The number of carbonyl (C=O) groups is 1. The van der Waals surface area contributed by atoms with Gasteiger partial charge in [0.2, 0.25) is 5.91 Å². The molecule has 132 valence electrons. The Balaban J connectivity index is 1.86. The molecule has 1 saturated heterocycles. The summed E-state index contributed by atoms with van der Waals surface area (Å²) in [4.78, 5) is 13.7. The van der Waals surface area contributed by atoms with Gasteiger partial charge in [-0.15, -0.1) is 0 Å². The molecule has 0 spiro atoms. The molecule has 0 unspecified atom stereocenters. The van der Waals surface area contributed by atoms with Crippen LogP contribution in [0.5, 0.6) is 5.75 Å². The van der Waals surface area contributed by atoms with Crippen molar-refractivity contribution in [3.8, 4) is 5.75 Å². The van der Waals surface area contributed by atoms with E-state index >= 15 is 0 Å². The SMILES string of the molecule is COc1ccc(S(=O)(=O)Nc2cccc(N3CCCC3=O)c2)cc1C. The number of carbonyl (C=O) groups excluding carboxylic acids is 1. The third-order valence-electron chi connectivity index (χ3n) is 4.16. The molecular formula is C18H20N2O4S. The van der Waals surface area contributed by atoms with E-state index in [9.17, 15) is 13.2 Å². The Morgan fingerprint density at radius 3 is 2.60 bits per heavy atom. The Morgan fingerprint density at radius 2 is 1.96 bits per heavy atom. The van der Waals surface area contributed by atoms with Crippen molar-refractivity contribution < 1.29 is 17.9 Å². The topological polar surface area (TPSA) is 75.7 Å². The zero-order valence-electron chi connectivity index (χ0n) is 14.2. The van der Waals surface area contributed by atoms with E-state index in [1.165, 1.54) is 6.07 Å². The quantitative estimate of drug-likeness (QED) is 0.889. The summed E-state index contributed by atoms with van der Waals surface area (Å²) in [5.41, 5.74) is 1.86. The smallest absolute Gasteiger partial charge is 0.261 e. The van der Waals surface area contributed by atoms with Gasteiger partial charge in [-0.05, 0) is 55.3 Å². The van der Waals surface area contributed by atoms with Crippen LogP contribution in [-0.2, 0) is 14.8 Å². The van der Waals surface area contributed by atoms with E-state index in [0.717, 1.165) is 12.0 Å². The van der Waals surface area contributed by atoms with Crippen molar-refractivity contribution in [2.75, 3.05) is 23.3 Å². The fraction of sp³-hybridized carbons (Fsp3) is 0.278. The van der Waals surface area contributed by atoms with Gasteiger partial charge in [0.1, 0.15) is 5.75 Å². The largest absolute Gasteiger partial charge is 0.496 e. The van der Waals surface area contributed by atoms with Crippen LogP contribution in [0, 0.1) is 6.92 Å². The molecule has 2 aromatic carbocycles. The zero-order chi connectivity index (χ0) is 18.0. The monoisotopic (exact) mass is 360 g/mol. The van der Waals surface area contributed by atoms with Crippen molar-refractivity contribution in [3.63, 3.8) is 0 Å². The average Bonchev–Trinajstić information content (AvgIpc) is 3.00. The van der Waals surface area contributed by atoms with Gasteiger partial charge in [-0.1, -0.05) is 6.07 Å². The lowest BCUT2D eigenvalue weighted by Gasteiger charge is -2.17. The predicted molar refractivity (Wildman–Crippen MR) is 96.6 cm³/mol. The maximum absolute atomic E-state index is 12.6. The maximum Gasteiger partial charge on any atom is 0.261 e. The van der Waals surface area contributed by atoms with Crippen molar-refractivity contribution in [3.05, 3.63) is 48.0 Å². The molecule has 0 bridgehead atoms. The van der Waals surface area contributed by atoms with E-state index in [-0.39, 0.29) is 10.8 Å². The van der Waals surface area contributed by atoms with Crippen molar-refractivity contribution in [2.24, 2.45) is 0 Å². The maximum atomic E-state index is 12.6. The minimum absolute atomic E-state index is 0.0609. The van der Waals surface area contributed by atoms with E-state index in [0.29, 0.717) is 30.1 Å². The molecular weight excluding hydrogens is 340 g/mol. The molecule has 1 amide bonds. The molecule has 25 heavy (non-hydrogen) atoms. The molecule has 1 aliphatic heterocycles. The average molecular weight is 360 g/mol. The molecule has 6 nitrogen and oxygen atoms in total. The number of hydrogen-bond donors (Lipinski definition) is 1. The third kappa shape index (κ3) is 3.61. The molecule has 0 aliphatic carbocycles. The number of ether oxygens (including phenoxy) is 1. The van der Waals surface area contributed by atoms with Gasteiger partial charge in [0.05, 0.1) is 17.7 Å². The fourth-order valence-electron chi connectivity index (χ4n) is 2.89. The van der Waals surface area contributed by atoms with Crippen LogP contribution in [0.15, 0.2) is 47.4 Å². The highest BCUT2D eigenvalue weighted by Gasteiger charge is 2.22. The van der Waals surface area contributed by atoms with Gasteiger partial charge in [-0.25, -0.2) is 8.42 Å². The second-order valence-electron chi connectivity index (χ2n) is 5.94. The number of aryl methyl sites for hydroxylation is 1. The van der Waals surface area contributed by atoms with Crippen LogP contribution >= 0.6 is 0 Å². The van der Waals surface area contributed by atoms with Crippen molar-refractivity contribution in [1.82, 2.24) is 0 Å². The lowest BCUT2D eigenvalue weighted by atomic mass is 10.2. The lowest BCUT2D eigenvalue weighted by Crippen LogP contribution is -2.23. The highest BCUT2D eigenvalue weighted by Crippen LogP contribution is 2.27. The van der Waals surface area contributed by atoms with Gasteiger partial charge in [0.15, 0.2) is 0 Å². The standard InChI is InChI=1S/C18H20N2O4S/c1-13-11-16(8-9-17(13)24-2)25(22,23)19-14-5-3-6-15(12-14)20-10-4-7-18(20)21/h3,5-6,8-9,11-12,19H,4,7,10H2,1-2H3. The predicted octanol–water partition coefficient (Wildman–Crippen LogP) is 2.93. The summed E-state index contributed by atoms with van der Waals surface area (Å²) in [5.74, 6) is 0.694. The first-order valence-corrected chi connectivity index (χ1v) is 9.47. The summed E-state index contributed by atoms with van der Waals surface area (Å²) in [6.45, 7) is 2.45. The number of sulfonamides is 1. The van der Waals surface area contributed by atoms with Gasteiger partial charge in [-0.2, -0.15) is 0 Å². The molecule has 3 rings (SSSR count). The number of nitrogens with zero attached hydrogens (tertiary/aromatic N) is 1. The number of amides is 1. The molecule has 0 saturated carbocycles. The van der Waals surface area contributed by atoms with E-state index in [1.54, 1.807) is 55.3 Å². The van der Waals surface area contributed by atoms with Crippen LogP contribution in [0.3, 0.4) is 0 Å². The summed E-state index contributed by atoms with van der Waals surface area (Å²) < 4.78 is 33.0. The third-order valence-corrected chi connectivity index (χ3v) is 5.54. The first-order chi connectivity index (χ1) is 11.9. The molecule has 1 N–H and O–H groups in total. The summed E-state index contributed by atoms with van der Waals surface area (Å²) >= 11 is 0. The van der Waals surface area contributed by atoms with Gasteiger partial charge < -0.3 is 9.64 Å². The minimum atomic E-state index is -3.72. The number of benzene rings is 2. The Labute approximate surface area is 147 Å². The number of hydrogen-bond acceptors (Lipinski definition) is 4. The summed E-state index contributed by atoms with van der Waals surface area (Å²) in [7, 11) is -2.18. The van der Waals surface area contributed by atoms with Gasteiger partial charge >= 0.3 is 0 Å². The highest BCUT2D eigenvalue weighted by molar-refractivity contribution is 7.92. The second-order valence-corrected chi connectivity index (χ2v) is 7.62. The lowest BCUT2D eigenvalue weighted by molar-refractivity contribution is -0.117. The Kier molecular flexibility index (Phi) is 4.67. The molecule has 1 aliphatic rings. The van der Waals surface area contributed by atoms with Gasteiger partial charge in [0, 0.05) is 18.7 Å². The number of anilines is 2. The van der Waals surface area contributed by atoms with Crippen molar-refractivity contribution >= 4 is 27.3 Å². The Bertz CT molecular complexity index is 909. The number of methoxy groups -OCH3 is 1. The van der Waals surface area contributed by atoms with E-state index in [1.807, 2.05) is 0 Å². The van der Waals surface area contributed by atoms with E-state index in [2.05, 4.69) is 4.72 Å². The summed E-state index contributed by atoms with van der Waals surface area (Å²) in [6.07, 6.45) is 1.35. The normalized spacial score (nSPS) is 14.6. The molecule has 1 fully saturated rings. The number of nitrogens with one attached hydrogen (secondary N) is 1. The molecule has 1 heterocycles. The Hall–Kier alpha value is -2.54. The summed E-state index contributed by atoms with van der Waals surface area (Å²) in [6, 6.07) is 11.6. The van der Waals surface area contributed by atoms with Gasteiger partial charge in [0.25, 0.3) is 10.0 Å². The number of rotatable bonds is 5. The second kappa shape index (κ2) is 6.76.